The van der Waals surface area contributed by atoms with Crippen molar-refractivity contribution in [3.05, 3.63) is 48.3 Å². The van der Waals surface area contributed by atoms with Crippen LogP contribution in [0.3, 0.4) is 0 Å². The fraction of sp³-hybridized carbons (Fsp3) is 0.267. The van der Waals surface area contributed by atoms with E-state index < -0.39 is 0 Å². The minimum absolute atomic E-state index is 0.271. The summed E-state index contributed by atoms with van der Waals surface area (Å²) < 4.78 is 0. The van der Waals surface area contributed by atoms with Crippen molar-refractivity contribution in [2.45, 2.75) is 19.9 Å². The van der Waals surface area contributed by atoms with Gasteiger partial charge in [-0.05, 0) is 37.2 Å². The molecular formula is C15H19N5O. The lowest BCUT2D eigenvalue weighted by atomic mass is 10.1. The topological polar surface area (TPSA) is 78.9 Å². The summed E-state index contributed by atoms with van der Waals surface area (Å²) in [5.74, 6) is 0.271. The Morgan fingerprint density at radius 1 is 1.14 bits per heavy atom. The highest BCUT2D eigenvalue weighted by molar-refractivity contribution is 5.98. The number of hydrogen-bond acceptors (Lipinski definition) is 4. The molecule has 2 amide bonds. The second kappa shape index (κ2) is 7.35. The maximum absolute atomic E-state index is 11.8. The summed E-state index contributed by atoms with van der Waals surface area (Å²) in [6.07, 6.45) is 3.14. The third-order valence-corrected chi connectivity index (χ3v) is 2.97. The number of anilines is 2. The van der Waals surface area contributed by atoms with Crippen molar-refractivity contribution in [3.63, 3.8) is 0 Å². The van der Waals surface area contributed by atoms with Crippen LogP contribution in [0.2, 0.25) is 0 Å². The monoisotopic (exact) mass is 285 g/mol. The predicted molar refractivity (Wildman–Crippen MR) is 83.2 cm³/mol. The van der Waals surface area contributed by atoms with Gasteiger partial charge in [-0.2, -0.15) is 0 Å². The Morgan fingerprint density at radius 2 is 1.81 bits per heavy atom. The molecule has 0 aliphatic rings. The molecule has 0 saturated heterocycles. The molecule has 1 unspecified atom stereocenters. The molecule has 110 valence electrons. The minimum atomic E-state index is -0.367. The Kier molecular flexibility index (Phi) is 5.22. The van der Waals surface area contributed by atoms with E-state index in [1.54, 1.807) is 18.5 Å². The highest BCUT2D eigenvalue weighted by atomic mass is 16.2. The van der Waals surface area contributed by atoms with Crippen molar-refractivity contribution in [2.75, 3.05) is 17.2 Å². The molecule has 21 heavy (non-hydrogen) atoms. The van der Waals surface area contributed by atoms with Gasteiger partial charge >= 0.3 is 6.03 Å². The predicted octanol–water partition coefficient (Wildman–Crippen LogP) is 2.79. The number of carbonyl (C=O) groups excluding carboxylic acids is 1. The average Bonchev–Trinajstić information content (AvgIpc) is 2.49. The Balaban J connectivity index is 1.92. The molecule has 2 aromatic rings. The second-order valence-electron chi connectivity index (χ2n) is 4.55. The number of nitrogens with zero attached hydrogens (tertiary/aromatic N) is 2. The van der Waals surface area contributed by atoms with E-state index in [9.17, 15) is 4.79 Å². The summed E-state index contributed by atoms with van der Waals surface area (Å²) in [6.45, 7) is 5.09. The van der Waals surface area contributed by atoms with Crippen molar-refractivity contribution in [2.24, 2.45) is 0 Å². The van der Waals surface area contributed by atoms with Gasteiger partial charge in [-0.15, -0.1) is 0 Å². The first-order valence-corrected chi connectivity index (χ1v) is 6.87. The molecule has 0 saturated carbocycles. The maximum Gasteiger partial charge on any atom is 0.326 e. The van der Waals surface area contributed by atoms with E-state index in [4.69, 9.17) is 0 Å². The summed E-state index contributed by atoms with van der Waals surface area (Å²) in [5, 5.41) is 8.64. The van der Waals surface area contributed by atoms with Gasteiger partial charge in [0.15, 0.2) is 0 Å². The van der Waals surface area contributed by atoms with Crippen LogP contribution in [0.5, 0.6) is 0 Å². The molecule has 0 bridgehead atoms. The van der Waals surface area contributed by atoms with Crippen LogP contribution < -0.4 is 16.0 Å². The number of benzene rings is 1. The van der Waals surface area contributed by atoms with Gasteiger partial charge < -0.3 is 10.6 Å². The summed E-state index contributed by atoms with van der Waals surface area (Å²) in [5.41, 5.74) is 1.89. The fourth-order valence-electron chi connectivity index (χ4n) is 1.91. The molecule has 1 aromatic carbocycles. The summed E-state index contributed by atoms with van der Waals surface area (Å²) >= 11 is 0. The van der Waals surface area contributed by atoms with Gasteiger partial charge in [0.25, 0.3) is 0 Å². The Labute approximate surface area is 124 Å². The largest absolute Gasteiger partial charge is 0.326 e. The van der Waals surface area contributed by atoms with Gasteiger partial charge in [0.1, 0.15) is 0 Å². The molecule has 0 fully saturated rings. The van der Waals surface area contributed by atoms with Gasteiger partial charge in [-0.3, -0.25) is 5.32 Å². The quantitative estimate of drug-likeness (QED) is 0.789. The van der Waals surface area contributed by atoms with E-state index in [-0.39, 0.29) is 18.0 Å². The molecule has 1 aromatic heterocycles. The van der Waals surface area contributed by atoms with Crippen LogP contribution in [-0.2, 0) is 0 Å². The number of carbonyl (C=O) groups is 1. The van der Waals surface area contributed by atoms with Crippen LogP contribution >= 0.6 is 0 Å². The van der Waals surface area contributed by atoms with E-state index >= 15 is 0 Å². The maximum atomic E-state index is 11.8. The van der Waals surface area contributed by atoms with Crippen molar-refractivity contribution in [1.29, 1.82) is 0 Å². The number of hydrogen-bond donors (Lipinski definition) is 3. The van der Waals surface area contributed by atoms with E-state index in [2.05, 4.69) is 39.8 Å². The molecule has 3 N–H and O–H groups in total. The molecular weight excluding hydrogens is 266 g/mol. The smallest absolute Gasteiger partial charge is 0.310 e. The first kappa shape index (κ1) is 14.9. The summed E-state index contributed by atoms with van der Waals surface area (Å²) in [7, 11) is 0. The highest BCUT2D eigenvalue weighted by Crippen LogP contribution is 2.16. The number of urea groups is 1. The van der Waals surface area contributed by atoms with Crippen molar-refractivity contribution in [1.82, 2.24) is 15.3 Å². The number of amides is 2. The Hall–Kier alpha value is -2.47. The molecule has 0 aliphatic carbocycles. The average molecular weight is 285 g/mol. The highest BCUT2D eigenvalue weighted by Gasteiger charge is 2.06. The zero-order valence-corrected chi connectivity index (χ0v) is 12.1. The van der Waals surface area contributed by atoms with E-state index in [0.29, 0.717) is 0 Å². The zero-order valence-electron chi connectivity index (χ0n) is 12.1. The first-order chi connectivity index (χ1) is 10.2. The normalized spacial score (nSPS) is 11.7. The fourth-order valence-corrected chi connectivity index (χ4v) is 1.91. The molecule has 1 heterocycles. The van der Waals surface area contributed by atoms with E-state index in [1.807, 2.05) is 24.3 Å². The number of nitrogens with one attached hydrogen (secondary N) is 3. The van der Waals surface area contributed by atoms with E-state index in [1.165, 1.54) is 5.56 Å². The third kappa shape index (κ3) is 4.54. The lowest BCUT2D eigenvalue weighted by molar-refractivity contribution is 0.262. The molecule has 0 radical (unpaired) electrons. The van der Waals surface area contributed by atoms with Crippen LogP contribution in [0.1, 0.15) is 25.5 Å². The Morgan fingerprint density at radius 3 is 2.43 bits per heavy atom. The van der Waals surface area contributed by atoms with Crippen LogP contribution in [0.25, 0.3) is 0 Å². The lowest BCUT2D eigenvalue weighted by Crippen LogP contribution is -2.21. The van der Waals surface area contributed by atoms with Crippen molar-refractivity contribution in [3.8, 4) is 0 Å². The van der Waals surface area contributed by atoms with Gasteiger partial charge in [0.05, 0.1) is 0 Å². The molecule has 0 spiro atoms. The molecule has 0 aliphatic heterocycles. The number of aromatic nitrogens is 2. The molecule has 2 rings (SSSR count). The van der Waals surface area contributed by atoms with E-state index in [0.717, 1.165) is 12.2 Å². The van der Waals surface area contributed by atoms with Gasteiger partial charge in [0, 0.05) is 24.1 Å². The standard InChI is InChI=1S/C15H19N5O/c1-3-16-11(2)12-5-7-13(8-6-12)19-15(21)20-14-17-9-4-10-18-14/h4-11,16H,3H2,1-2H3,(H2,17,18,19,20,21). The first-order valence-electron chi connectivity index (χ1n) is 6.87. The van der Waals surface area contributed by atoms with Crippen molar-refractivity contribution < 1.29 is 4.79 Å². The summed E-state index contributed by atoms with van der Waals surface area (Å²) in [6, 6.07) is 9.32. The minimum Gasteiger partial charge on any atom is -0.310 e. The Bertz CT molecular complexity index is 570. The van der Waals surface area contributed by atoms with Crippen LogP contribution in [0, 0.1) is 0 Å². The van der Waals surface area contributed by atoms with Crippen LogP contribution in [0.15, 0.2) is 42.7 Å². The second-order valence-corrected chi connectivity index (χ2v) is 4.55. The molecule has 6 heteroatoms. The van der Waals surface area contributed by atoms with Crippen LogP contribution in [0.4, 0.5) is 16.4 Å². The molecule has 1 atom stereocenters. The van der Waals surface area contributed by atoms with Gasteiger partial charge in [-0.25, -0.2) is 14.8 Å². The third-order valence-electron chi connectivity index (χ3n) is 2.97. The SMILES string of the molecule is CCNC(C)c1ccc(NC(=O)Nc2ncccn2)cc1. The number of rotatable bonds is 5. The van der Waals surface area contributed by atoms with Gasteiger partial charge in [0.2, 0.25) is 5.95 Å². The lowest BCUT2D eigenvalue weighted by Gasteiger charge is -2.13. The van der Waals surface area contributed by atoms with Crippen LogP contribution in [-0.4, -0.2) is 22.5 Å². The van der Waals surface area contributed by atoms with Gasteiger partial charge in [-0.1, -0.05) is 19.1 Å². The summed E-state index contributed by atoms with van der Waals surface area (Å²) in [4.78, 5) is 19.6. The van der Waals surface area contributed by atoms with Crippen molar-refractivity contribution >= 4 is 17.7 Å². The molecule has 6 nitrogen and oxygen atoms in total. The zero-order chi connectivity index (χ0) is 15.1.